The van der Waals surface area contributed by atoms with Crippen molar-refractivity contribution in [1.82, 2.24) is 15.1 Å². The number of hydrogen-bond donors (Lipinski definition) is 1. The zero-order valence-electron chi connectivity index (χ0n) is 11.7. The van der Waals surface area contributed by atoms with E-state index in [0.29, 0.717) is 18.6 Å². The van der Waals surface area contributed by atoms with Crippen LogP contribution >= 0.6 is 0 Å². The molecule has 1 saturated heterocycles. The number of amides is 1. The third kappa shape index (κ3) is 3.76. The van der Waals surface area contributed by atoms with E-state index in [1.54, 1.807) is 11.2 Å². The second-order valence-corrected chi connectivity index (χ2v) is 5.40. The van der Waals surface area contributed by atoms with Crippen molar-refractivity contribution < 1.29 is 4.79 Å². The van der Waals surface area contributed by atoms with Crippen LogP contribution in [0.15, 0.2) is 9.98 Å². The van der Waals surface area contributed by atoms with Crippen LogP contribution in [-0.2, 0) is 4.79 Å². The Morgan fingerprint density at radius 1 is 1.63 bits per heavy atom. The van der Waals surface area contributed by atoms with Gasteiger partial charge in [-0.1, -0.05) is 6.92 Å². The lowest BCUT2D eigenvalue weighted by atomic mass is 10.1. The van der Waals surface area contributed by atoms with Crippen LogP contribution in [0.4, 0.5) is 0 Å². The number of rotatable bonds is 6. The van der Waals surface area contributed by atoms with E-state index in [9.17, 15) is 4.79 Å². The second-order valence-electron chi connectivity index (χ2n) is 5.40. The van der Waals surface area contributed by atoms with Crippen LogP contribution in [0.5, 0.6) is 0 Å². The lowest BCUT2D eigenvalue weighted by Crippen LogP contribution is -2.34. The quantitative estimate of drug-likeness (QED) is 0.423. The number of likely N-dealkylation sites (tertiary alicyclic amines) is 1. The van der Waals surface area contributed by atoms with Crippen LogP contribution in [0, 0.1) is 5.92 Å². The largest absolute Gasteiger partial charge is 0.355 e. The summed E-state index contributed by atoms with van der Waals surface area (Å²) in [5.41, 5.74) is 0. The first kappa shape index (κ1) is 14.0. The molecule has 0 aromatic carbocycles. The molecule has 1 N–H and O–H groups in total. The zero-order chi connectivity index (χ0) is 13.7. The molecule has 106 valence electrons. The average Bonchev–Trinajstić information content (AvgIpc) is 3.03. The molecule has 1 fully saturated rings. The van der Waals surface area contributed by atoms with Crippen molar-refractivity contribution in [3.63, 3.8) is 0 Å². The van der Waals surface area contributed by atoms with Gasteiger partial charge in [-0.25, -0.2) is 0 Å². The summed E-state index contributed by atoms with van der Waals surface area (Å²) in [6.07, 6.45) is 6.88. The van der Waals surface area contributed by atoms with Crippen molar-refractivity contribution in [3.05, 3.63) is 0 Å². The maximum absolute atomic E-state index is 10.7. The summed E-state index contributed by atoms with van der Waals surface area (Å²) in [6, 6.07) is 0.333. The number of hydrogen-bond acceptors (Lipinski definition) is 4. The zero-order valence-corrected chi connectivity index (χ0v) is 11.7. The highest BCUT2D eigenvalue weighted by Crippen LogP contribution is 2.14. The molecule has 0 spiro atoms. The summed E-state index contributed by atoms with van der Waals surface area (Å²) in [7, 11) is 1.84. The van der Waals surface area contributed by atoms with Crippen LogP contribution in [0.1, 0.15) is 19.8 Å². The van der Waals surface area contributed by atoms with Gasteiger partial charge >= 0.3 is 0 Å². The normalized spacial score (nSPS) is 31.2. The number of aliphatic imine (C=N–C) groups is 2. The van der Waals surface area contributed by atoms with Gasteiger partial charge in [0.1, 0.15) is 6.17 Å². The third-order valence-electron chi connectivity index (χ3n) is 3.89. The predicted molar refractivity (Wildman–Crippen MR) is 76.4 cm³/mol. The minimum Gasteiger partial charge on any atom is -0.355 e. The Labute approximate surface area is 114 Å². The number of carbonyl (C=O) groups excluding carboxylic acids is 1. The summed E-state index contributed by atoms with van der Waals surface area (Å²) in [5.74, 6) is 0.545. The molecule has 0 bridgehead atoms. The van der Waals surface area contributed by atoms with Gasteiger partial charge in [0.25, 0.3) is 0 Å². The topological polar surface area (TPSA) is 60.3 Å². The summed E-state index contributed by atoms with van der Waals surface area (Å²) < 4.78 is 0. The molecule has 2 aliphatic heterocycles. The lowest BCUT2D eigenvalue weighted by molar-refractivity contribution is -0.118. The molecular formula is C13H23N5O. The molecule has 0 radical (unpaired) electrons. The van der Waals surface area contributed by atoms with Gasteiger partial charge in [-0.2, -0.15) is 0 Å². The van der Waals surface area contributed by atoms with E-state index in [2.05, 4.69) is 27.1 Å². The summed E-state index contributed by atoms with van der Waals surface area (Å²) in [4.78, 5) is 23.4. The van der Waals surface area contributed by atoms with Crippen molar-refractivity contribution in [3.8, 4) is 0 Å². The van der Waals surface area contributed by atoms with E-state index < -0.39 is 0 Å². The van der Waals surface area contributed by atoms with Crippen LogP contribution in [-0.4, -0.2) is 67.8 Å². The Balaban J connectivity index is 1.66. The van der Waals surface area contributed by atoms with E-state index in [1.165, 1.54) is 0 Å². The number of carbonyl (C=O) groups is 1. The standard InChI is InChI=1S/C13H23N5O/c1-11-3-5-15-13(11)16-8-14-9-18-6-4-12(7-18)17(2)10-19/h5,8,10-13H,3-4,6-7,9H2,1-2H3,(H,14,16). The first-order valence-corrected chi connectivity index (χ1v) is 6.86. The van der Waals surface area contributed by atoms with Crippen LogP contribution in [0.25, 0.3) is 0 Å². The molecule has 0 aromatic heterocycles. The summed E-state index contributed by atoms with van der Waals surface area (Å²) in [5, 5.41) is 3.22. The molecule has 6 nitrogen and oxygen atoms in total. The summed E-state index contributed by atoms with van der Waals surface area (Å²) in [6.45, 7) is 4.77. The molecule has 0 saturated carbocycles. The third-order valence-corrected chi connectivity index (χ3v) is 3.89. The van der Waals surface area contributed by atoms with E-state index in [0.717, 1.165) is 32.3 Å². The Morgan fingerprint density at radius 2 is 2.47 bits per heavy atom. The minimum atomic E-state index is 0.177. The monoisotopic (exact) mass is 265 g/mol. The fraction of sp³-hybridized carbons (Fsp3) is 0.769. The highest BCUT2D eigenvalue weighted by molar-refractivity contribution is 5.62. The summed E-state index contributed by atoms with van der Waals surface area (Å²) >= 11 is 0. The maximum atomic E-state index is 10.7. The Hall–Kier alpha value is -1.43. The van der Waals surface area contributed by atoms with E-state index in [4.69, 9.17) is 0 Å². The van der Waals surface area contributed by atoms with Gasteiger partial charge in [-0.05, 0) is 12.8 Å². The van der Waals surface area contributed by atoms with Gasteiger partial charge in [0, 0.05) is 38.3 Å². The van der Waals surface area contributed by atoms with Crippen molar-refractivity contribution in [2.75, 3.05) is 26.8 Å². The Morgan fingerprint density at radius 3 is 3.16 bits per heavy atom. The number of likely N-dealkylation sites (N-methyl/N-ethyl adjacent to an activating group) is 1. The molecule has 2 rings (SSSR count). The molecule has 6 heteroatoms. The minimum absolute atomic E-state index is 0.177. The van der Waals surface area contributed by atoms with Crippen LogP contribution < -0.4 is 5.32 Å². The second kappa shape index (κ2) is 6.65. The van der Waals surface area contributed by atoms with Gasteiger partial charge in [0.05, 0.1) is 13.0 Å². The first-order chi connectivity index (χ1) is 9.20. The van der Waals surface area contributed by atoms with Crippen LogP contribution in [0.2, 0.25) is 0 Å². The van der Waals surface area contributed by atoms with E-state index >= 15 is 0 Å². The number of nitrogens with one attached hydrogen (secondary N) is 1. The molecule has 3 unspecified atom stereocenters. The molecular weight excluding hydrogens is 242 g/mol. The van der Waals surface area contributed by atoms with Crippen molar-refractivity contribution in [1.29, 1.82) is 0 Å². The highest BCUT2D eigenvalue weighted by atomic mass is 16.1. The van der Waals surface area contributed by atoms with Gasteiger partial charge < -0.3 is 10.2 Å². The lowest BCUT2D eigenvalue weighted by Gasteiger charge is -2.19. The first-order valence-electron chi connectivity index (χ1n) is 6.86. The van der Waals surface area contributed by atoms with Gasteiger partial charge in [-0.3, -0.25) is 19.7 Å². The van der Waals surface area contributed by atoms with Crippen molar-refractivity contribution >= 4 is 19.0 Å². The maximum Gasteiger partial charge on any atom is 0.209 e. The Kier molecular flexibility index (Phi) is 4.90. The predicted octanol–water partition coefficient (Wildman–Crippen LogP) is 0.161. The fourth-order valence-corrected chi connectivity index (χ4v) is 2.47. The SMILES string of the molecule is CC1CC=NC1NC=NCN1CCC(N(C)C=O)C1. The molecule has 2 aliphatic rings. The smallest absolute Gasteiger partial charge is 0.209 e. The van der Waals surface area contributed by atoms with Crippen molar-refractivity contribution in [2.24, 2.45) is 15.9 Å². The molecule has 1 amide bonds. The fourth-order valence-electron chi connectivity index (χ4n) is 2.47. The van der Waals surface area contributed by atoms with Gasteiger partial charge in [-0.15, -0.1) is 0 Å². The number of nitrogens with zero attached hydrogens (tertiary/aromatic N) is 4. The highest BCUT2D eigenvalue weighted by Gasteiger charge is 2.24. The molecule has 3 atom stereocenters. The molecule has 19 heavy (non-hydrogen) atoms. The molecule has 2 heterocycles. The van der Waals surface area contributed by atoms with Crippen molar-refractivity contribution in [2.45, 2.75) is 32.0 Å². The van der Waals surface area contributed by atoms with Gasteiger partial charge in [0.15, 0.2) is 0 Å². The Bertz CT molecular complexity index is 357. The van der Waals surface area contributed by atoms with E-state index in [1.807, 2.05) is 13.3 Å². The van der Waals surface area contributed by atoms with E-state index in [-0.39, 0.29) is 6.17 Å². The molecule has 0 aliphatic carbocycles. The average molecular weight is 265 g/mol. The molecule has 0 aromatic rings. The van der Waals surface area contributed by atoms with Gasteiger partial charge in [0.2, 0.25) is 6.41 Å². The van der Waals surface area contributed by atoms with Crippen LogP contribution in [0.3, 0.4) is 0 Å².